The van der Waals surface area contributed by atoms with Crippen LogP contribution in [0.3, 0.4) is 0 Å². The molecule has 0 atom stereocenters. The average Bonchev–Trinajstić information content (AvgIpc) is 3.08. The van der Waals surface area contributed by atoms with E-state index in [4.69, 9.17) is 9.68 Å². The molecule has 0 spiro atoms. The molecule has 0 unspecified atom stereocenters. The number of rotatable bonds is 2. The van der Waals surface area contributed by atoms with Gasteiger partial charge in [-0.2, -0.15) is 5.26 Å². The highest BCUT2D eigenvalue weighted by Crippen LogP contribution is 2.28. The van der Waals surface area contributed by atoms with Crippen LogP contribution in [0.1, 0.15) is 4.88 Å². The third-order valence-corrected chi connectivity index (χ3v) is 3.24. The van der Waals surface area contributed by atoms with Gasteiger partial charge < -0.3 is 4.42 Å². The SMILES string of the molecule is N#Cc1ccc(-c2nnc(-c3cccnc3)o2)s1. The molecule has 0 N–H and O–H groups in total. The maximum absolute atomic E-state index is 8.77. The molecule has 0 bridgehead atoms. The lowest BCUT2D eigenvalue weighted by molar-refractivity contribution is 0.586. The van der Waals surface area contributed by atoms with E-state index in [0.29, 0.717) is 16.7 Å². The number of thiophene rings is 1. The maximum Gasteiger partial charge on any atom is 0.258 e. The van der Waals surface area contributed by atoms with Crippen LogP contribution in [-0.4, -0.2) is 15.2 Å². The number of pyridine rings is 1. The Bertz CT molecular complexity index is 711. The predicted molar refractivity (Wildman–Crippen MR) is 65.6 cm³/mol. The molecule has 3 aromatic rings. The van der Waals surface area contributed by atoms with Crippen molar-refractivity contribution < 1.29 is 4.42 Å². The van der Waals surface area contributed by atoms with Gasteiger partial charge in [0.1, 0.15) is 10.9 Å². The lowest BCUT2D eigenvalue weighted by atomic mass is 10.3. The van der Waals surface area contributed by atoms with E-state index in [9.17, 15) is 0 Å². The van der Waals surface area contributed by atoms with E-state index in [0.717, 1.165) is 10.4 Å². The van der Waals surface area contributed by atoms with Crippen LogP contribution in [0.5, 0.6) is 0 Å². The first-order valence-corrected chi connectivity index (χ1v) is 5.92. The molecule has 0 saturated heterocycles. The van der Waals surface area contributed by atoms with Crippen LogP contribution in [0.25, 0.3) is 22.2 Å². The molecule has 0 aliphatic carbocycles. The Morgan fingerprint density at radius 1 is 1.17 bits per heavy atom. The largest absolute Gasteiger partial charge is 0.415 e. The van der Waals surface area contributed by atoms with Crippen LogP contribution in [-0.2, 0) is 0 Å². The van der Waals surface area contributed by atoms with Gasteiger partial charge in [-0.3, -0.25) is 4.98 Å². The van der Waals surface area contributed by atoms with Crippen molar-refractivity contribution in [3.8, 4) is 28.3 Å². The minimum absolute atomic E-state index is 0.417. The second-order valence-electron chi connectivity index (χ2n) is 3.43. The highest BCUT2D eigenvalue weighted by Gasteiger charge is 2.12. The molecule has 0 saturated carbocycles. The average molecular weight is 254 g/mol. The zero-order chi connectivity index (χ0) is 12.4. The second-order valence-corrected chi connectivity index (χ2v) is 4.51. The molecular weight excluding hydrogens is 248 g/mol. The molecule has 0 aliphatic rings. The van der Waals surface area contributed by atoms with Crippen molar-refractivity contribution in [2.75, 3.05) is 0 Å². The molecule has 5 nitrogen and oxygen atoms in total. The van der Waals surface area contributed by atoms with Crippen LogP contribution in [0, 0.1) is 11.3 Å². The van der Waals surface area contributed by atoms with Gasteiger partial charge in [0, 0.05) is 12.4 Å². The van der Waals surface area contributed by atoms with E-state index in [1.807, 2.05) is 6.07 Å². The Morgan fingerprint density at radius 2 is 2.06 bits per heavy atom. The summed E-state index contributed by atoms with van der Waals surface area (Å²) in [7, 11) is 0. The van der Waals surface area contributed by atoms with Crippen molar-refractivity contribution in [3.05, 3.63) is 41.5 Å². The van der Waals surface area contributed by atoms with Gasteiger partial charge >= 0.3 is 0 Å². The molecule has 0 radical (unpaired) electrons. The molecule has 3 rings (SSSR count). The van der Waals surface area contributed by atoms with E-state index in [1.165, 1.54) is 11.3 Å². The third-order valence-electron chi connectivity index (χ3n) is 2.26. The number of nitrogens with zero attached hydrogens (tertiary/aromatic N) is 4. The lowest BCUT2D eigenvalue weighted by Gasteiger charge is -1.91. The normalized spacial score (nSPS) is 10.2. The lowest BCUT2D eigenvalue weighted by Crippen LogP contribution is -1.78. The fraction of sp³-hybridized carbons (Fsp3) is 0. The van der Waals surface area contributed by atoms with E-state index in [1.54, 1.807) is 30.6 Å². The predicted octanol–water partition coefficient (Wildman–Crippen LogP) is 2.73. The molecule has 0 amide bonds. The summed E-state index contributed by atoms with van der Waals surface area (Å²) in [6.45, 7) is 0. The molecule has 3 aromatic heterocycles. The van der Waals surface area contributed by atoms with E-state index >= 15 is 0 Å². The first-order valence-electron chi connectivity index (χ1n) is 5.11. The zero-order valence-corrected chi connectivity index (χ0v) is 9.89. The fourth-order valence-electron chi connectivity index (χ4n) is 1.44. The summed E-state index contributed by atoms with van der Waals surface area (Å²) in [5, 5.41) is 16.7. The standard InChI is InChI=1S/C12H6N4OS/c13-6-9-3-4-10(18-9)12-16-15-11(17-12)8-2-1-5-14-7-8/h1-5,7H. The van der Waals surface area contributed by atoms with Crippen molar-refractivity contribution in [3.63, 3.8) is 0 Å². The summed E-state index contributed by atoms with van der Waals surface area (Å²) >= 11 is 1.32. The zero-order valence-electron chi connectivity index (χ0n) is 9.07. The highest BCUT2D eigenvalue weighted by molar-refractivity contribution is 7.15. The topological polar surface area (TPSA) is 75.6 Å². The Kier molecular flexibility index (Phi) is 2.59. The minimum Gasteiger partial charge on any atom is -0.415 e. The molecule has 0 fully saturated rings. The first-order chi connectivity index (χ1) is 8.86. The highest BCUT2D eigenvalue weighted by atomic mass is 32.1. The van der Waals surface area contributed by atoms with Crippen molar-refractivity contribution >= 4 is 11.3 Å². The van der Waals surface area contributed by atoms with Crippen LogP contribution in [0.4, 0.5) is 0 Å². The van der Waals surface area contributed by atoms with Crippen molar-refractivity contribution in [1.29, 1.82) is 5.26 Å². The first kappa shape index (κ1) is 10.6. The van der Waals surface area contributed by atoms with Gasteiger partial charge in [-0.15, -0.1) is 21.5 Å². The summed E-state index contributed by atoms with van der Waals surface area (Å²) in [6.07, 6.45) is 3.34. The van der Waals surface area contributed by atoms with Crippen molar-refractivity contribution in [1.82, 2.24) is 15.2 Å². The van der Waals surface area contributed by atoms with Crippen LogP contribution in [0.2, 0.25) is 0 Å². The molecule has 0 aliphatic heterocycles. The molecule has 18 heavy (non-hydrogen) atoms. The monoisotopic (exact) mass is 254 g/mol. The van der Waals surface area contributed by atoms with Gasteiger partial charge in [0.15, 0.2) is 0 Å². The molecular formula is C12H6N4OS. The summed E-state index contributed by atoms with van der Waals surface area (Å²) in [5.41, 5.74) is 0.772. The van der Waals surface area contributed by atoms with Crippen LogP contribution in [0.15, 0.2) is 41.1 Å². The van der Waals surface area contributed by atoms with Gasteiger partial charge in [-0.25, -0.2) is 0 Å². The Hall–Kier alpha value is -2.52. The van der Waals surface area contributed by atoms with E-state index in [2.05, 4.69) is 21.3 Å². The quantitative estimate of drug-likeness (QED) is 0.702. The summed E-state index contributed by atoms with van der Waals surface area (Å²) < 4.78 is 5.55. The second kappa shape index (κ2) is 4.39. The molecule has 86 valence electrons. The summed E-state index contributed by atoms with van der Waals surface area (Å²) in [6, 6.07) is 9.25. The Labute approximate surface area is 106 Å². The Morgan fingerprint density at radius 3 is 2.78 bits per heavy atom. The number of aromatic nitrogens is 3. The van der Waals surface area contributed by atoms with Crippen molar-refractivity contribution in [2.45, 2.75) is 0 Å². The van der Waals surface area contributed by atoms with Gasteiger partial charge in [-0.1, -0.05) is 0 Å². The molecule has 0 aromatic carbocycles. The number of hydrogen-bond acceptors (Lipinski definition) is 6. The third kappa shape index (κ3) is 1.87. The van der Waals surface area contributed by atoms with E-state index < -0.39 is 0 Å². The summed E-state index contributed by atoms with van der Waals surface area (Å²) in [4.78, 5) is 5.40. The molecule has 3 heterocycles. The fourth-order valence-corrected chi connectivity index (χ4v) is 2.17. The van der Waals surface area contributed by atoms with Crippen LogP contribution >= 0.6 is 11.3 Å². The van der Waals surface area contributed by atoms with Crippen LogP contribution < -0.4 is 0 Å². The Balaban J connectivity index is 1.97. The minimum atomic E-state index is 0.417. The smallest absolute Gasteiger partial charge is 0.258 e. The summed E-state index contributed by atoms with van der Waals surface area (Å²) in [5.74, 6) is 0.838. The van der Waals surface area contributed by atoms with Gasteiger partial charge in [-0.05, 0) is 24.3 Å². The number of hydrogen-bond donors (Lipinski definition) is 0. The van der Waals surface area contributed by atoms with Gasteiger partial charge in [0.25, 0.3) is 5.89 Å². The van der Waals surface area contributed by atoms with Gasteiger partial charge in [0.2, 0.25) is 5.89 Å². The van der Waals surface area contributed by atoms with E-state index in [-0.39, 0.29) is 0 Å². The molecule has 6 heteroatoms. The number of nitriles is 1. The maximum atomic E-state index is 8.77. The van der Waals surface area contributed by atoms with Crippen molar-refractivity contribution in [2.24, 2.45) is 0 Å². The van der Waals surface area contributed by atoms with Gasteiger partial charge in [0.05, 0.1) is 10.4 Å².